The highest BCUT2D eigenvalue weighted by molar-refractivity contribution is 5.96. The van der Waals surface area contributed by atoms with Gasteiger partial charge < -0.3 is 10.1 Å². The second-order valence-electron chi connectivity index (χ2n) is 5.17. The molecule has 20 heavy (non-hydrogen) atoms. The minimum absolute atomic E-state index is 0.891. The molecule has 0 unspecified atom stereocenters. The van der Waals surface area contributed by atoms with E-state index in [0.717, 1.165) is 47.3 Å². The third-order valence-electron chi connectivity index (χ3n) is 3.70. The number of fused-ring (bicyclic) bond motifs is 1. The van der Waals surface area contributed by atoms with Gasteiger partial charge in [-0.15, -0.1) is 0 Å². The van der Waals surface area contributed by atoms with Crippen molar-refractivity contribution in [3.05, 3.63) is 29.0 Å². The van der Waals surface area contributed by atoms with Gasteiger partial charge in [-0.1, -0.05) is 13.8 Å². The molecule has 1 heterocycles. The van der Waals surface area contributed by atoms with Crippen LogP contribution in [-0.2, 0) is 6.42 Å². The van der Waals surface area contributed by atoms with E-state index >= 15 is 0 Å². The van der Waals surface area contributed by atoms with Crippen LogP contribution in [0.3, 0.4) is 0 Å². The highest BCUT2D eigenvalue weighted by Gasteiger charge is 2.13. The first-order valence-corrected chi connectivity index (χ1v) is 7.34. The number of aromatic nitrogens is 1. The zero-order chi connectivity index (χ0) is 14.7. The van der Waals surface area contributed by atoms with Crippen LogP contribution in [0.25, 0.3) is 10.9 Å². The molecule has 2 rings (SSSR count). The van der Waals surface area contributed by atoms with E-state index in [-0.39, 0.29) is 0 Å². The molecule has 2 aromatic rings. The Kier molecular flexibility index (Phi) is 4.48. The fourth-order valence-electron chi connectivity index (χ4n) is 2.67. The van der Waals surface area contributed by atoms with Crippen LogP contribution >= 0.6 is 0 Å². The lowest BCUT2D eigenvalue weighted by molar-refractivity contribution is 0.415. The summed E-state index contributed by atoms with van der Waals surface area (Å²) in [5.41, 5.74) is 5.87. The van der Waals surface area contributed by atoms with Crippen LogP contribution in [0, 0.1) is 13.8 Å². The summed E-state index contributed by atoms with van der Waals surface area (Å²) in [6.07, 6.45) is 2.09. The molecular weight excluding hydrogens is 248 g/mol. The lowest BCUT2D eigenvalue weighted by atomic mass is 10.0. The Hall–Kier alpha value is -1.77. The quantitative estimate of drug-likeness (QED) is 0.883. The minimum atomic E-state index is 0.891. The van der Waals surface area contributed by atoms with Crippen molar-refractivity contribution >= 4 is 16.6 Å². The molecule has 0 saturated heterocycles. The molecule has 1 N–H and O–H groups in total. The highest BCUT2D eigenvalue weighted by Crippen LogP contribution is 2.33. The summed E-state index contributed by atoms with van der Waals surface area (Å²) in [5, 5.41) is 4.75. The summed E-state index contributed by atoms with van der Waals surface area (Å²) in [7, 11) is 1.71. The average Bonchev–Trinajstić information content (AvgIpc) is 2.45. The third kappa shape index (κ3) is 2.58. The monoisotopic (exact) mass is 272 g/mol. The van der Waals surface area contributed by atoms with E-state index in [4.69, 9.17) is 9.72 Å². The molecule has 0 radical (unpaired) electrons. The molecular formula is C17H24N2O. The minimum Gasteiger partial charge on any atom is -0.497 e. The first kappa shape index (κ1) is 14.6. The number of pyridine rings is 1. The number of aryl methyl sites for hydroxylation is 2. The Morgan fingerprint density at radius 2 is 1.95 bits per heavy atom. The number of rotatable bonds is 5. The maximum atomic E-state index is 5.41. The Morgan fingerprint density at radius 1 is 1.20 bits per heavy atom. The van der Waals surface area contributed by atoms with Gasteiger partial charge in [-0.2, -0.15) is 0 Å². The van der Waals surface area contributed by atoms with Crippen molar-refractivity contribution in [1.82, 2.24) is 4.98 Å². The van der Waals surface area contributed by atoms with Crippen molar-refractivity contribution < 1.29 is 4.74 Å². The zero-order valence-corrected chi connectivity index (χ0v) is 13.1. The largest absolute Gasteiger partial charge is 0.497 e. The van der Waals surface area contributed by atoms with Gasteiger partial charge in [0, 0.05) is 23.3 Å². The summed E-state index contributed by atoms with van der Waals surface area (Å²) in [5.74, 6) is 0.891. The Bertz CT molecular complexity index is 620. The topological polar surface area (TPSA) is 34.2 Å². The van der Waals surface area contributed by atoms with Crippen molar-refractivity contribution in [2.24, 2.45) is 0 Å². The molecule has 3 nitrogen and oxygen atoms in total. The first-order valence-electron chi connectivity index (χ1n) is 7.34. The SMILES string of the molecule is CCCNc1c(CC)c(C)nc2c(C)cc(OC)cc12. The number of anilines is 1. The van der Waals surface area contributed by atoms with E-state index in [1.54, 1.807) is 7.11 Å². The molecule has 108 valence electrons. The van der Waals surface area contributed by atoms with Gasteiger partial charge in [-0.3, -0.25) is 4.98 Å². The standard InChI is InChI=1S/C17H24N2O/c1-6-8-18-17-14(7-2)12(4)19-16-11(3)9-13(20-5)10-15(16)17/h9-10H,6-8H2,1-5H3,(H,18,19). The molecule has 0 aliphatic heterocycles. The molecule has 0 bridgehead atoms. The molecule has 0 saturated carbocycles. The van der Waals surface area contributed by atoms with Gasteiger partial charge >= 0.3 is 0 Å². The lowest BCUT2D eigenvalue weighted by Gasteiger charge is -2.17. The van der Waals surface area contributed by atoms with Crippen LogP contribution in [0.15, 0.2) is 12.1 Å². The van der Waals surface area contributed by atoms with Crippen molar-refractivity contribution in [1.29, 1.82) is 0 Å². The van der Waals surface area contributed by atoms with Crippen LogP contribution in [0.5, 0.6) is 5.75 Å². The second-order valence-corrected chi connectivity index (χ2v) is 5.17. The average molecular weight is 272 g/mol. The number of methoxy groups -OCH3 is 1. The van der Waals surface area contributed by atoms with Crippen molar-refractivity contribution in [2.75, 3.05) is 19.0 Å². The number of benzene rings is 1. The van der Waals surface area contributed by atoms with Gasteiger partial charge in [0.05, 0.1) is 12.6 Å². The summed E-state index contributed by atoms with van der Waals surface area (Å²) in [6.45, 7) is 9.52. The van der Waals surface area contributed by atoms with Crippen LogP contribution in [0.4, 0.5) is 5.69 Å². The normalized spacial score (nSPS) is 10.8. The molecule has 0 aliphatic rings. The highest BCUT2D eigenvalue weighted by atomic mass is 16.5. The molecule has 3 heteroatoms. The predicted molar refractivity (Wildman–Crippen MR) is 85.9 cm³/mol. The van der Waals surface area contributed by atoms with Gasteiger partial charge in [0.1, 0.15) is 5.75 Å². The van der Waals surface area contributed by atoms with Gasteiger partial charge in [0.2, 0.25) is 0 Å². The van der Waals surface area contributed by atoms with Crippen LogP contribution in [0.2, 0.25) is 0 Å². The van der Waals surface area contributed by atoms with Gasteiger partial charge in [0.25, 0.3) is 0 Å². The third-order valence-corrected chi connectivity index (χ3v) is 3.70. The van der Waals surface area contributed by atoms with Crippen molar-refractivity contribution in [2.45, 2.75) is 40.5 Å². The summed E-state index contributed by atoms with van der Waals surface area (Å²) in [6, 6.07) is 4.13. The molecule has 0 atom stereocenters. The molecule has 0 aliphatic carbocycles. The number of hydrogen-bond donors (Lipinski definition) is 1. The number of nitrogens with zero attached hydrogens (tertiary/aromatic N) is 1. The maximum absolute atomic E-state index is 5.41. The van der Waals surface area contributed by atoms with E-state index < -0.39 is 0 Å². The Morgan fingerprint density at radius 3 is 2.55 bits per heavy atom. The van der Waals surface area contributed by atoms with E-state index in [2.05, 4.69) is 39.1 Å². The van der Waals surface area contributed by atoms with Crippen LogP contribution < -0.4 is 10.1 Å². The first-order chi connectivity index (χ1) is 9.62. The Balaban J connectivity index is 2.76. The van der Waals surface area contributed by atoms with E-state index in [1.807, 2.05) is 6.07 Å². The molecule has 1 aromatic heterocycles. The Labute approximate surface area is 121 Å². The molecule has 0 spiro atoms. The number of nitrogens with one attached hydrogen (secondary N) is 1. The molecule has 1 aromatic carbocycles. The second kappa shape index (κ2) is 6.12. The molecule has 0 fully saturated rings. The fraction of sp³-hybridized carbons (Fsp3) is 0.471. The van der Waals surface area contributed by atoms with Gasteiger partial charge in [-0.05, 0) is 49.9 Å². The van der Waals surface area contributed by atoms with E-state index in [1.165, 1.54) is 11.3 Å². The summed E-state index contributed by atoms with van der Waals surface area (Å²) >= 11 is 0. The maximum Gasteiger partial charge on any atom is 0.119 e. The summed E-state index contributed by atoms with van der Waals surface area (Å²) in [4.78, 5) is 4.79. The number of ether oxygens (including phenoxy) is 1. The van der Waals surface area contributed by atoms with Gasteiger partial charge in [-0.25, -0.2) is 0 Å². The van der Waals surface area contributed by atoms with Crippen LogP contribution in [-0.4, -0.2) is 18.6 Å². The predicted octanol–water partition coefficient (Wildman–Crippen LogP) is 4.24. The zero-order valence-electron chi connectivity index (χ0n) is 13.1. The fourth-order valence-corrected chi connectivity index (χ4v) is 2.67. The van der Waals surface area contributed by atoms with Gasteiger partial charge in [0.15, 0.2) is 0 Å². The van der Waals surface area contributed by atoms with Crippen molar-refractivity contribution in [3.63, 3.8) is 0 Å². The van der Waals surface area contributed by atoms with Crippen LogP contribution in [0.1, 0.15) is 37.1 Å². The van der Waals surface area contributed by atoms with E-state index in [9.17, 15) is 0 Å². The molecule has 0 amide bonds. The summed E-state index contributed by atoms with van der Waals surface area (Å²) < 4.78 is 5.41. The lowest BCUT2D eigenvalue weighted by Crippen LogP contribution is -2.07. The van der Waals surface area contributed by atoms with Crippen molar-refractivity contribution in [3.8, 4) is 5.75 Å². The smallest absolute Gasteiger partial charge is 0.119 e. The van der Waals surface area contributed by atoms with E-state index in [0.29, 0.717) is 0 Å². The number of hydrogen-bond acceptors (Lipinski definition) is 3.